The summed E-state index contributed by atoms with van der Waals surface area (Å²) in [6, 6.07) is 7.86. The van der Waals surface area contributed by atoms with Gasteiger partial charge in [-0.2, -0.15) is 0 Å². The fourth-order valence-electron chi connectivity index (χ4n) is 1.60. The molecule has 0 bridgehead atoms. The van der Waals surface area contributed by atoms with E-state index in [1.165, 1.54) is 7.11 Å². The number of esters is 1. The summed E-state index contributed by atoms with van der Waals surface area (Å²) < 4.78 is 4.81. The number of rotatable bonds is 6. The van der Waals surface area contributed by atoms with Crippen molar-refractivity contribution in [2.75, 3.05) is 12.9 Å². The first-order valence-electron chi connectivity index (χ1n) is 5.92. The first-order valence-corrected chi connectivity index (χ1v) is 7.28. The number of benzene rings is 1. The van der Waals surface area contributed by atoms with Crippen molar-refractivity contribution in [2.45, 2.75) is 29.8 Å². The molecule has 1 aromatic rings. The summed E-state index contributed by atoms with van der Waals surface area (Å²) in [5.74, 6) is 0.425. The predicted octanol–water partition coefficient (Wildman–Crippen LogP) is 2.73. The average molecular weight is 286 g/mol. The number of halogens is 1. The van der Waals surface area contributed by atoms with Crippen molar-refractivity contribution in [3.05, 3.63) is 29.3 Å². The predicted molar refractivity (Wildman–Crippen MR) is 74.1 cm³/mol. The van der Waals surface area contributed by atoms with Gasteiger partial charge >= 0.3 is 5.97 Å². The molecule has 1 aliphatic carbocycles. The lowest BCUT2D eigenvalue weighted by Gasteiger charge is -2.15. The lowest BCUT2D eigenvalue weighted by molar-refractivity contribution is -0.142. The number of thioether (sulfide) groups is 1. The third-order valence-corrected chi connectivity index (χ3v) is 4.35. The van der Waals surface area contributed by atoms with Gasteiger partial charge in [-0.3, -0.25) is 4.79 Å². The van der Waals surface area contributed by atoms with Gasteiger partial charge in [0.15, 0.2) is 0 Å². The highest BCUT2D eigenvalue weighted by atomic mass is 35.5. The Morgan fingerprint density at radius 3 is 2.89 bits per heavy atom. The van der Waals surface area contributed by atoms with Gasteiger partial charge in [-0.25, -0.2) is 0 Å². The van der Waals surface area contributed by atoms with Crippen LogP contribution >= 0.6 is 23.4 Å². The SMILES string of the molecule is COC(=O)C(CSc1ccccc1Cl)NC1CC1. The summed E-state index contributed by atoms with van der Waals surface area (Å²) in [5, 5.41) is 4.01. The van der Waals surface area contributed by atoms with Crippen LogP contribution in [0.5, 0.6) is 0 Å². The van der Waals surface area contributed by atoms with Crippen LogP contribution in [0.4, 0.5) is 0 Å². The lowest BCUT2D eigenvalue weighted by Crippen LogP contribution is -2.40. The Morgan fingerprint density at radius 2 is 2.28 bits per heavy atom. The van der Waals surface area contributed by atoms with Crippen molar-refractivity contribution < 1.29 is 9.53 Å². The second-order valence-electron chi connectivity index (χ2n) is 4.26. The zero-order valence-electron chi connectivity index (χ0n) is 10.2. The molecule has 0 radical (unpaired) electrons. The molecule has 18 heavy (non-hydrogen) atoms. The summed E-state index contributed by atoms with van der Waals surface area (Å²) in [6.07, 6.45) is 2.29. The monoisotopic (exact) mass is 285 g/mol. The Balaban J connectivity index is 1.92. The lowest BCUT2D eigenvalue weighted by atomic mass is 10.3. The molecule has 0 saturated heterocycles. The van der Waals surface area contributed by atoms with E-state index in [-0.39, 0.29) is 12.0 Å². The van der Waals surface area contributed by atoms with Gasteiger partial charge in [-0.15, -0.1) is 11.8 Å². The minimum absolute atomic E-state index is 0.207. The largest absolute Gasteiger partial charge is 0.468 e. The molecule has 2 rings (SSSR count). The highest BCUT2D eigenvalue weighted by Crippen LogP contribution is 2.28. The van der Waals surface area contributed by atoms with Crippen molar-refractivity contribution in [3.8, 4) is 0 Å². The van der Waals surface area contributed by atoms with Gasteiger partial charge in [0, 0.05) is 16.7 Å². The Bertz CT molecular complexity index is 423. The van der Waals surface area contributed by atoms with Crippen LogP contribution in [0.15, 0.2) is 29.2 Å². The highest BCUT2D eigenvalue weighted by Gasteiger charge is 2.29. The van der Waals surface area contributed by atoms with E-state index in [0.29, 0.717) is 11.8 Å². The van der Waals surface area contributed by atoms with Crippen LogP contribution in [0, 0.1) is 0 Å². The molecule has 0 aliphatic heterocycles. The first kappa shape index (κ1) is 13.7. The quantitative estimate of drug-likeness (QED) is 0.644. The summed E-state index contributed by atoms with van der Waals surface area (Å²) >= 11 is 7.66. The molecule has 1 unspecified atom stereocenters. The van der Waals surface area contributed by atoms with Gasteiger partial charge < -0.3 is 10.1 Å². The molecule has 1 aromatic carbocycles. The average Bonchev–Trinajstić information content (AvgIpc) is 3.19. The molecule has 0 spiro atoms. The van der Waals surface area contributed by atoms with Crippen molar-refractivity contribution in [3.63, 3.8) is 0 Å². The Morgan fingerprint density at radius 1 is 1.56 bits per heavy atom. The summed E-state index contributed by atoms with van der Waals surface area (Å²) in [7, 11) is 1.42. The second kappa shape index (κ2) is 6.45. The van der Waals surface area contributed by atoms with Crippen LogP contribution in [-0.2, 0) is 9.53 Å². The minimum atomic E-state index is -0.260. The molecular weight excluding hydrogens is 270 g/mol. The molecular formula is C13H16ClNO2S. The second-order valence-corrected chi connectivity index (χ2v) is 5.73. The minimum Gasteiger partial charge on any atom is -0.468 e. The standard InChI is InChI=1S/C13H16ClNO2S/c1-17-13(16)11(15-9-6-7-9)8-18-12-5-3-2-4-10(12)14/h2-5,9,11,15H,6-8H2,1H3. The number of ether oxygens (including phenoxy) is 1. The van der Waals surface area contributed by atoms with E-state index in [1.54, 1.807) is 11.8 Å². The van der Waals surface area contributed by atoms with E-state index in [2.05, 4.69) is 5.32 Å². The van der Waals surface area contributed by atoms with Gasteiger partial charge in [-0.05, 0) is 25.0 Å². The zero-order valence-corrected chi connectivity index (χ0v) is 11.8. The molecule has 1 saturated carbocycles. The van der Waals surface area contributed by atoms with Gasteiger partial charge in [-0.1, -0.05) is 23.7 Å². The summed E-state index contributed by atoms with van der Waals surface area (Å²) in [6.45, 7) is 0. The molecule has 0 amide bonds. The first-order chi connectivity index (χ1) is 8.70. The molecule has 3 nitrogen and oxygen atoms in total. The van der Waals surface area contributed by atoms with E-state index >= 15 is 0 Å². The number of hydrogen-bond acceptors (Lipinski definition) is 4. The Kier molecular flexibility index (Phi) is 4.92. The molecule has 1 N–H and O–H groups in total. The zero-order chi connectivity index (χ0) is 13.0. The maximum Gasteiger partial charge on any atom is 0.323 e. The van der Waals surface area contributed by atoms with E-state index in [1.807, 2.05) is 24.3 Å². The fraction of sp³-hybridized carbons (Fsp3) is 0.462. The molecule has 0 aromatic heterocycles. The van der Waals surface area contributed by atoms with E-state index < -0.39 is 0 Å². The maximum atomic E-state index is 11.7. The van der Waals surface area contributed by atoms with E-state index in [9.17, 15) is 4.79 Å². The topological polar surface area (TPSA) is 38.3 Å². The van der Waals surface area contributed by atoms with Gasteiger partial charge in [0.05, 0.1) is 12.1 Å². The normalized spacial score (nSPS) is 16.3. The smallest absolute Gasteiger partial charge is 0.323 e. The van der Waals surface area contributed by atoms with Crippen molar-refractivity contribution >= 4 is 29.3 Å². The molecule has 0 heterocycles. The van der Waals surface area contributed by atoms with Crippen LogP contribution in [0.2, 0.25) is 5.02 Å². The number of carbonyl (C=O) groups excluding carboxylic acids is 1. The third-order valence-electron chi connectivity index (χ3n) is 2.74. The fourth-order valence-corrected chi connectivity index (χ4v) is 2.85. The number of methoxy groups -OCH3 is 1. The van der Waals surface area contributed by atoms with Gasteiger partial charge in [0.1, 0.15) is 6.04 Å². The number of nitrogens with one attached hydrogen (secondary N) is 1. The molecule has 1 aliphatic rings. The molecule has 1 fully saturated rings. The van der Waals surface area contributed by atoms with Crippen LogP contribution in [0.25, 0.3) is 0 Å². The Hall–Kier alpha value is -0.710. The van der Waals surface area contributed by atoms with Crippen molar-refractivity contribution in [1.29, 1.82) is 0 Å². The Labute approximate surface area is 116 Å². The van der Waals surface area contributed by atoms with Crippen LogP contribution in [0.1, 0.15) is 12.8 Å². The highest BCUT2D eigenvalue weighted by molar-refractivity contribution is 7.99. The molecule has 5 heteroatoms. The maximum absolute atomic E-state index is 11.7. The van der Waals surface area contributed by atoms with Crippen LogP contribution in [0.3, 0.4) is 0 Å². The van der Waals surface area contributed by atoms with E-state index in [4.69, 9.17) is 16.3 Å². The van der Waals surface area contributed by atoms with Crippen LogP contribution < -0.4 is 5.32 Å². The third kappa shape index (κ3) is 3.90. The van der Waals surface area contributed by atoms with E-state index in [0.717, 1.165) is 22.8 Å². The molecule has 1 atom stereocenters. The van der Waals surface area contributed by atoms with Crippen molar-refractivity contribution in [2.24, 2.45) is 0 Å². The van der Waals surface area contributed by atoms with Crippen molar-refractivity contribution in [1.82, 2.24) is 5.32 Å². The number of hydrogen-bond donors (Lipinski definition) is 1. The summed E-state index contributed by atoms with van der Waals surface area (Å²) in [5.41, 5.74) is 0. The summed E-state index contributed by atoms with van der Waals surface area (Å²) in [4.78, 5) is 12.6. The van der Waals surface area contributed by atoms with Crippen LogP contribution in [-0.4, -0.2) is 30.9 Å². The van der Waals surface area contributed by atoms with Gasteiger partial charge in [0.25, 0.3) is 0 Å². The van der Waals surface area contributed by atoms with Gasteiger partial charge in [0.2, 0.25) is 0 Å². The number of carbonyl (C=O) groups is 1. The molecule has 98 valence electrons.